The predicted octanol–water partition coefficient (Wildman–Crippen LogP) is 0.802. The van der Waals surface area contributed by atoms with E-state index in [1.165, 1.54) is 0 Å². The number of piperidine rings is 1. The quantitative estimate of drug-likeness (QED) is 0.779. The maximum absolute atomic E-state index is 13.0. The lowest BCUT2D eigenvalue weighted by atomic mass is 9.96. The lowest BCUT2D eigenvalue weighted by Crippen LogP contribution is -2.52. The van der Waals surface area contributed by atoms with Crippen LogP contribution in [0.3, 0.4) is 0 Å². The van der Waals surface area contributed by atoms with Gasteiger partial charge in [0.25, 0.3) is 5.56 Å². The highest BCUT2D eigenvalue weighted by Gasteiger charge is 2.32. The van der Waals surface area contributed by atoms with Crippen molar-refractivity contribution < 1.29 is 4.79 Å². The van der Waals surface area contributed by atoms with Gasteiger partial charge in [-0.3, -0.25) is 14.2 Å². The Labute approximate surface area is 164 Å². The van der Waals surface area contributed by atoms with E-state index in [1.54, 1.807) is 10.8 Å². The summed E-state index contributed by atoms with van der Waals surface area (Å²) in [7, 11) is 2.09. The molecule has 1 amide bonds. The second-order valence-electron chi connectivity index (χ2n) is 7.74. The van der Waals surface area contributed by atoms with E-state index in [0.717, 1.165) is 45.6 Å². The van der Waals surface area contributed by atoms with Crippen molar-refractivity contribution in [3.05, 3.63) is 28.7 Å². The van der Waals surface area contributed by atoms with Gasteiger partial charge in [-0.15, -0.1) is 0 Å². The third-order valence-electron chi connectivity index (χ3n) is 5.89. The van der Waals surface area contributed by atoms with Gasteiger partial charge in [-0.2, -0.15) is 0 Å². The van der Waals surface area contributed by atoms with Gasteiger partial charge in [0.05, 0.1) is 5.92 Å². The number of aryl methyl sites for hydroxylation is 1. The Morgan fingerprint density at radius 3 is 2.75 bits per heavy atom. The molecule has 4 rings (SSSR count). The van der Waals surface area contributed by atoms with Gasteiger partial charge >= 0.3 is 0 Å². The zero-order valence-corrected chi connectivity index (χ0v) is 16.7. The van der Waals surface area contributed by atoms with Crippen LogP contribution >= 0.6 is 0 Å². The van der Waals surface area contributed by atoms with Crippen LogP contribution in [0.25, 0.3) is 11.2 Å². The largest absolute Gasteiger partial charge is 0.351 e. The Kier molecular flexibility index (Phi) is 5.30. The molecule has 4 heterocycles. The van der Waals surface area contributed by atoms with E-state index in [-0.39, 0.29) is 17.4 Å². The van der Waals surface area contributed by atoms with Gasteiger partial charge in [-0.05, 0) is 38.9 Å². The summed E-state index contributed by atoms with van der Waals surface area (Å²) >= 11 is 0. The van der Waals surface area contributed by atoms with Crippen molar-refractivity contribution in [2.45, 2.75) is 26.3 Å². The average molecular weight is 384 g/mol. The topological polar surface area (TPSA) is 74.6 Å². The van der Waals surface area contributed by atoms with Gasteiger partial charge < -0.3 is 14.7 Å². The van der Waals surface area contributed by atoms with E-state index in [2.05, 4.69) is 21.9 Å². The highest BCUT2D eigenvalue weighted by Crippen LogP contribution is 2.23. The molecule has 1 atom stereocenters. The molecule has 0 aromatic carbocycles. The molecule has 8 nitrogen and oxygen atoms in total. The fourth-order valence-electron chi connectivity index (χ4n) is 4.22. The summed E-state index contributed by atoms with van der Waals surface area (Å²) in [6, 6.07) is 3.72. The minimum absolute atomic E-state index is 0.0713. The summed E-state index contributed by atoms with van der Waals surface area (Å²) < 4.78 is 1.67. The third kappa shape index (κ3) is 3.48. The van der Waals surface area contributed by atoms with Crippen LogP contribution in [-0.2, 0) is 11.3 Å². The number of rotatable bonds is 3. The molecule has 2 aromatic rings. The number of hydrogen-bond donors (Lipinski definition) is 0. The molecule has 28 heavy (non-hydrogen) atoms. The number of carbonyl (C=O) groups excluding carboxylic acids is 1. The van der Waals surface area contributed by atoms with Crippen LogP contribution in [0.2, 0.25) is 0 Å². The minimum Gasteiger partial charge on any atom is -0.351 e. The van der Waals surface area contributed by atoms with Gasteiger partial charge in [0, 0.05) is 52.0 Å². The molecule has 2 aliphatic rings. The monoisotopic (exact) mass is 384 g/mol. The number of nitrogens with zero attached hydrogens (tertiary/aromatic N) is 6. The highest BCUT2D eigenvalue weighted by atomic mass is 16.2. The molecule has 0 N–H and O–H groups in total. The lowest BCUT2D eigenvalue weighted by molar-refractivity contribution is -0.137. The molecule has 2 saturated heterocycles. The average Bonchev–Trinajstić information content (AvgIpc) is 2.73. The number of carbonyl (C=O) groups is 1. The number of pyridine rings is 1. The molecular formula is C20H28N6O2. The van der Waals surface area contributed by atoms with Crippen LogP contribution in [0.15, 0.2) is 23.1 Å². The fraction of sp³-hybridized carbons (Fsp3) is 0.600. The van der Waals surface area contributed by atoms with E-state index in [1.807, 2.05) is 28.9 Å². The van der Waals surface area contributed by atoms with Crippen LogP contribution in [0.5, 0.6) is 0 Å². The standard InChI is InChI=1S/C20H28N6O2/c1-3-26-17-16(7-4-8-21-17)22-18(20(26)28)25-9-5-6-15(14-25)19(27)24-12-10-23(2)11-13-24/h4,7-8,15H,3,5-6,9-14H2,1-2H3. The molecule has 2 aromatic heterocycles. The Balaban J connectivity index is 1.59. The van der Waals surface area contributed by atoms with Crippen molar-refractivity contribution in [1.82, 2.24) is 24.3 Å². The summed E-state index contributed by atoms with van der Waals surface area (Å²) in [6.07, 6.45) is 3.45. The van der Waals surface area contributed by atoms with Crippen molar-refractivity contribution in [1.29, 1.82) is 0 Å². The van der Waals surface area contributed by atoms with Crippen molar-refractivity contribution in [3.63, 3.8) is 0 Å². The van der Waals surface area contributed by atoms with Crippen molar-refractivity contribution in [2.75, 3.05) is 51.2 Å². The lowest BCUT2D eigenvalue weighted by Gasteiger charge is -2.38. The molecule has 0 bridgehead atoms. The van der Waals surface area contributed by atoms with E-state index in [9.17, 15) is 9.59 Å². The number of amides is 1. The predicted molar refractivity (Wildman–Crippen MR) is 108 cm³/mol. The molecule has 2 aliphatic heterocycles. The summed E-state index contributed by atoms with van der Waals surface area (Å²) in [5, 5.41) is 0. The van der Waals surface area contributed by atoms with Crippen LogP contribution < -0.4 is 10.5 Å². The first kappa shape index (κ1) is 18.9. The second-order valence-corrected chi connectivity index (χ2v) is 7.74. The van der Waals surface area contributed by atoms with E-state index < -0.39 is 0 Å². The zero-order chi connectivity index (χ0) is 19.7. The second kappa shape index (κ2) is 7.87. The summed E-state index contributed by atoms with van der Waals surface area (Å²) in [4.78, 5) is 41.3. The first-order valence-electron chi connectivity index (χ1n) is 10.2. The Hall–Kier alpha value is -2.48. The molecule has 1 unspecified atom stereocenters. The number of likely N-dealkylation sites (N-methyl/N-ethyl adjacent to an activating group) is 1. The van der Waals surface area contributed by atoms with Gasteiger partial charge in [0.15, 0.2) is 11.5 Å². The summed E-state index contributed by atoms with van der Waals surface area (Å²) in [6.45, 7) is 7.20. The molecule has 0 aliphatic carbocycles. The maximum Gasteiger partial charge on any atom is 0.295 e. The van der Waals surface area contributed by atoms with Crippen LogP contribution in [0, 0.1) is 5.92 Å². The molecular weight excluding hydrogens is 356 g/mol. The van der Waals surface area contributed by atoms with Crippen molar-refractivity contribution in [2.24, 2.45) is 5.92 Å². The molecule has 0 radical (unpaired) electrons. The van der Waals surface area contributed by atoms with Crippen molar-refractivity contribution in [3.8, 4) is 0 Å². The number of anilines is 1. The van der Waals surface area contributed by atoms with Crippen LogP contribution in [0.1, 0.15) is 19.8 Å². The molecule has 150 valence electrons. The van der Waals surface area contributed by atoms with E-state index in [4.69, 9.17) is 0 Å². The Morgan fingerprint density at radius 2 is 2.00 bits per heavy atom. The van der Waals surface area contributed by atoms with Gasteiger partial charge in [-0.1, -0.05) is 0 Å². The normalized spacial score (nSPS) is 21.3. The molecule has 2 fully saturated rings. The fourth-order valence-corrected chi connectivity index (χ4v) is 4.22. The van der Waals surface area contributed by atoms with Gasteiger partial charge in [0.1, 0.15) is 5.52 Å². The SMILES string of the molecule is CCn1c(=O)c(N2CCCC(C(=O)N3CCN(C)CC3)C2)nc2cccnc21. The van der Waals surface area contributed by atoms with Gasteiger partial charge in [-0.25, -0.2) is 9.97 Å². The van der Waals surface area contributed by atoms with Crippen molar-refractivity contribution >= 4 is 22.9 Å². The highest BCUT2D eigenvalue weighted by molar-refractivity contribution is 5.80. The first-order valence-corrected chi connectivity index (χ1v) is 10.2. The summed E-state index contributed by atoms with van der Waals surface area (Å²) in [5.41, 5.74) is 1.20. The smallest absolute Gasteiger partial charge is 0.295 e. The maximum atomic E-state index is 13.0. The summed E-state index contributed by atoms with van der Waals surface area (Å²) in [5.74, 6) is 0.590. The number of hydrogen-bond acceptors (Lipinski definition) is 6. The van der Waals surface area contributed by atoms with Crippen LogP contribution in [0.4, 0.5) is 5.82 Å². The van der Waals surface area contributed by atoms with Gasteiger partial charge in [0.2, 0.25) is 5.91 Å². The number of aromatic nitrogens is 3. The van der Waals surface area contributed by atoms with E-state index >= 15 is 0 Å². The minimum atomic E-state index is -0.124. The first-order chi connectivity index (χ1) is 13.6. The molecule has 8 heteroatoms. The number of piperazine rings is 1. The third-order valence-corrected chi connectivity index (χ3v) is 5.89. The zero-order valence-electron chi connectivity index (χ0n) is 16.7. The molecule has 0 spiro atoms. The molecule has 0 saturated carbocycles. The Bertz CT molecular complexity index is 919. The van der Waals surface area contributed by atoms with Crippen LogP contribution in [-0.4, -0.2) is 76.6 Å². The van der Waals surface area contributed by atoms with E-state index in [0.29, 0.717) is 30.1 Å². The number of fused-ring (bicyclic) bond motifs is 1. The Morgan fingerprint density at radius 1 is 1.21 bits per heavy atom.